The summed E-state index contributed by atoms with van der Waals surface area (Å²) in [4.78, 5) is 0. The van der Waals surface area contributed by atoms with Gasteiger partial charge in [0.05, 0.1) is 4.47 Å². The number of rotatable bonds is 2. The van der Waals surface area contributed by atoms with E-state index < -0.39 is 11.9 Å². The molecule has 0 fully saturated rings. The third-order valence-electron chi connectivity index (χ3n) is 2.14. The van der Waals surface area contributed by atoms with Crippen molar-refractivity contribution < 1.29 is 13.9 Å². The first-order chi connectivity index (χ1) is 7.59. The molecule has 1 aromatic heterocycles. The Balaban J connectivity index is 2.41. The van der Waals surface area contributed by atoms with Crippen molar-refractivity contribution in [3.63, 3.8) is 0 Å². The number of hydrogen-bond acceptors (Lipinski definition) is 2. The fourth-order valence-corrected chi connectivity index (χ4v) is 1.89. The molecule has 0 aliphatic heterocycles. The Hall–Kier alpha value is -0.840. The van der Waals surface area contributed by atoms with E-state index in [1.807, 2.05) is 0 Å². The van der Waals surface area contributed by atoms with Crippen LogP contribution in [0.2, 0.25) is 5.22 Å². The SMILES string of the molecule is OC(c1ccc(Cl)o1)c1cccc(Br)c1F. The average Bonchev–Trinajstić information content (AvgIpc) is 2.68. The summed E-state index contributed by atoms with van der Waals surface area (Å²) in [5, 5.41) is 10.1. The van der Waals surface area contributed by atoms with Crippen LogP contribution < -0.4 is 0 Å². The molecule has 1 unspecified atom stereocenters. The van der Waals surface area contributed by atoms with E-state index in [-0.39, 0.29) is 16.5 Å². The molecule has 0 aliphatic rings. The highest BCUT2D eigenvalue weighted by Crippen LogP contribution is 2.30. The minimum Gasteiger partial charge on any atom is -0.447 e. The second kappa shape index (κ2) is 4.57. The molecule has 5 heteroatoms. The molecule has 2 rings (SSSR count). The van der Waals surface area contributed by atoms with Gasteiger partial charge in [0.2, 0.25) is 0 Å². The van der Waals surface area contributed by atoms with Gasteiger partial charge in [-0.2, -0.15) is 0 Å². The highest BCUT2D eigenvalue weighted by Gasteiger charge is 2.19. The predicted octanol–water partition coefficient (Wildman–Crippen LogP) is 3.92. The molecule has 2 nitrogen and oxygen atoms in total. The van der Waals surface area contributed by atoms with Gasteiger partial charge in [0.25, 0.3) is 0 Å². The van der Waals surface area contributed by atoms with E-state index in [4.69, 9.17) is 16.0 Å². The van der Waals surface area contributed by atoms with Gasteiger partial charge in [-0.1, -0.05) is 12.1 Å². The van der Waals surface area contributed by atoms with Crippen LogP contribution in [0.5, 0.6) is 0 Å². The molecule has 16 heavy (non-hydrogen) atoms. The topological polar surface area (TPSA) is 33.4 Å². The minimum atomic E-state index is -1.16. The Labute approximate surface area is 105 Å². The molecule has 0 saturated heterocycles. The van der Waals surface area contributed by atoms with E-state index in [0.717, 1.165) is 0 Å². The fourth-order valence-electron chi connectivity index (χ4n) is 1.36. The van der Waals surface area contributed by atoms with Gasteiger partial charge in [0, 0.05) is 5.56 Å². The Morgan fingerprint density at radius 1 is 1.31 bits per heavy atom. The van der Waals surface area contributed by atoms with Crippen molar-refractivity contribution >= 4 is 27.5 Å². The number of aliphatic hydroxyl groups excluding tert-OH is 1. The van der Waals surface area contributed by atoms with Crippen LogP contribution in [0.25, 0.3) is 0 Å². The second-order valence-corrected chi connectivity index (χ2v) is 4.41. The van der Waals surface area contributed by atoms with Gasteiger partial charge in [-0.25, -0.2) is 4.39 Å². The molecule has 0 amide bonds. The lowest BCUT2D eigenvalue weighted by atomic mass is 10.1. The van der Waals surface area contributed by atoms with E-state index in [1.165, 1.54) is 18.2 Å². The van der Waals surface area contributed by atoms with E-state index in [0.29, 0.717) is 4.47 Å². The van der Waals surface area contributed by atoms with Crippen LogP contribution in [-0.2, 0) is 0 Å². The minimum absolute atomic E-state index is 0.139. The molecule has 1 N–H and O–H groups in total. The van der Waals surface area contributed by atoms with Gasteiger partial charge >= 0.3 is 0 Å². The summed E-state index contributed by atoms with van der Waals surface area (Å²) in [6.45, 7) is 0. The number of benzene rings is 1. The molecule has 0 aliphatic carbocycles. The Bertz CT molecular complexity index is 512. The number of hydrogen-bond donors (Lipinski definition) is 1. The quantitative estimate of drug-likeness (QED) is 0.912. The number of furan rings is 1. The molecule has 0 radical (unpaired) electrons. The largest absolute Gasteiger partial charge is 0.447 e. The summed E-state index contributed by atoms with van der Waals surface area (Å²) in [5.74, 6) is -0.301. The summed E-state index contributed by atoms with van der Waals surface area (Å²) in [6, 6.07) is 7.68. The predicted molar refractivity (Wildman–Crippen MR) is 61.9 cm³/mol. The van der Waals surface area contributed by atoms with Crippen LogP contribution in [0.15, 0.2) is 39.2 Å². The number of halogens is 3. The molecular formula is C11H7BrClFO2. The van der Waals surface area contributed by atoms with Crippen molar-refractivity contribution in [1.29, 1.82) is 0 Å². The van der Waals surface area contributed by atoms with E-state index in [1.54, 1.807) is 12.1 Å². The highest BCUT2D eigenvalue weighted by molar-refractivity contribution is 9.10. The van der Waals surface area contributed by atoms with Crippen LogP contribution in [0, 0.1) is 5.82 Å². The average molecular weight is 306 g/mol. The van der Waals surface area contributed by atoms with Crippen molar-refractivity contribution in [2.24, 2.45) is 0 Å². The fraction of sp³-hybridized carbons (Fsp3) is 0.0909. The summed E-state index contributed by atoms with van der Waals surface area (Å²) < 4.78 is 19.0. The zero-order chi connectivity index (χ0) is 11.7. The van der Waals surface area contributed by atoms with Crippen molar-refractivity contribution in [2.45, 2.75) is 6.10 Å². The van der Waals surface area contributed by atoms with Crippen LogP contribution in [0.4, 0.5) is 4.39 Å². The molecule has 0 saturated carbocycles. The van der Waals surface area contributed by atoms with Crippen LogP contribution in [0.3, 0.4) is 0 Å². The Kier molecular flexibility index (Phi) is 3.33. The molecule has 0 spiro atoms. The molecular weight excluding hydrogens is 298 g/mol. The maximum Gasteiger partial charge on any atom is 0.193 e. The first-order valence-corrected chi connectivity index (χ1v) is 5.64. The lowest BCUT2D eigenvalue weighted by molar-refractivity contribution is 0.185. The van der Waals surface area contributed by atoms with Gasteiger partial charge in [0.1, 0.15) is 17.7 Å². The molecule has 2 aromatic rings. The van der Waals surface area contributed by atoms with Gasteiger partial charge in [-0.3, -0.25) is 0 Å². The maximum absolute atomic E-state index is 13.7. The lowest BCUT2D eigenvalue weighted by Crippen LogP contribution is -2.01. The zero-order valence-corrected chi connectivity index (χ0v) is 10.3. The van der Waals surface area contributed by atoms with Crippen LogP contribution >= 0.6 is 27.5 Å². The van der Waals surface area contributed by atoms with Gasteiger partial charge in [-0.05, 0) is 45.7 Å². The van der Waals surface area contributed by atoms with E-state index in [2.05, 4.69) is 15.9 Å². The maximum atomic E-state index is 13.7. The van der Waals surface area contributed by atoms with Crippen LogP contribution in [-0.4, -0.2) is 5.11 Å². The zero-order valence-electron chi connectivity index (χ0n) is 7.95. The molecule has 0 bridgehead atoms. The van der Waals surface area contributed by atoms with Crippen molar-refractivity contribution in [2.75, 3.05) is 0 Å². The highest BCUT2D eigenvalue weighted by atomic mass is 79.9. The van der Waals surface area contributed by atoms with Gasteiger partial charge < -0.3 is 9.52 Å². The summed E-state index contributed by atoms with van der Waals surface area (Å²) in [7, 11) is 0. The molecule has 1 atom stereocenters. The molecule has 1 aromatic carbocycles. The number of aliphatic hydroxyl groups is 1. The summed E-state index contributed by atoms with van der Waals surface area (Å²) in [5.41, 5.74) is 0.139. The molecule has 1 heterocycles. The van der Waals surface area contributed by atoms with E-state index >= 15 is 0 Å². The molecule has 84 valence electrons. The Morgan fingerprint density at radius 3 is 2.69 bits per heavy atom. The normalized spacial score (nSPS) is 12.8. The van der Waals surface area contributed by atoms with Crippen molar-refractivity contribution in [3.8, 4) is 0 Å². The third kappa shape index (κ3) is 2.14. The second-order valence-electron chi connectivity index (χ2n) is 3.19. The smallest absolute Gasteiger partial charge is 0.193 e. The first kappa shape index (κ1) is 11.6. The van der Waals surface area contributed by atoms with Gasteiger partial charge in [-0.15, -0.1) is 0 Å². The van der Waals surface area contributed by atoms with Crippen LogP contribution in [0.1, 0.15) is 17.4 Å². The Morgan fingerprint density at radius 2 is 2.06 bits per heavy atom. The lowest BCUT2D eigenvalue weighted by Gasteiger charge is -2.09. The first-order valence-electron chi connectivity index (χ1n) is 4.47. The van der Waals surface area contributed by atoms with Gasteiger partial charge in [0.15, 0.2) is 5.22 Å². The van der Waals surface area contributed by atoms with Crippen molar-refractivity contribution in [3.05, 3.63) is 57.2 Å². The van der Waals surface area contributed by atoms with E-state index in [9.17, 15) is 9.50 Å². The standard InChI is InChI=1S/C11H7BrClFO2/c12-7-3-1-2-6(10(7)14)11(15)8-4-5-9(13)16-8/h1-5,11,15H. The third-order valence-corrected chi connectivity index (χ3v) is 2.96. The van der Waals surface area contributed by atoms with Crippen molar-refractivity contribution in [1.82, 2.24) is 0 Å². The summed E-state index contributed by atoms with van der Waals surface area (Å²) >= 11 is 8.63. The summed E-state index contributed by atoms with van der Waals surface area (Å²) in [6.07, 6.45) is -1.16. The monoisotopic (exact) mass is 304 g/mol.